The van der Waals surface area contributed by atoms with Crippen LogP contribution in [-0.4, -0.2) is 75.3 Å². The van der Waals surface area contributed by atoms with Crippen LogP contribution >= 0.6 is 0 Å². The molecule has 0 aliphatic carbocycles. The standard InChI is InChI=1S/C35H48F3N5O6S/c1-21(2)26(19-22(3)29(44)42-50(48,49)25-18-14-17-24(20-25)40-32(47)35(36,37)38)43(10)31(46)28(33(4,5)6)41-30(45)27(39-9)34(7,8)23-15-12-11-13-16-23/h11-21,26-28,39H,1-10H3,(H,40,47)(H,41,45)(H,42,44)/b22-19+. The van der Waals surface area contributed by atoms with Gasteiger partial charge < -0.3 is 20.9 Å². The molecule has 0 spiro atoms. The van der Waals surface area contributed by atoms with E-state index in [1.54, 1.807) is 26.2 Å². The average molecular weight is 724 g/mol. The SMILES string of the molecule is CNC(C(=O)NC(C(=O)N(C)C(/C=C(\C)C(=O)NS(=O)(=O)c1cccc(NC(=O)C(F)(F)F)c1)C(C)C)C(C)(C)C)C(C)(C)c1ccccc1. The fraction of sp³-hybridized carbons (Fsp3) is 0.486. The van der Waals surface area contributed by atoms with E-state index in [0.29, 0.717) is 0 Å². The summed E-state index contributed by atoms with van der Waals surface area (Å²) in [6, 6.07) is 11.1. The van der Waals surface area contributed by atoms with Gasteiger partial charge in [0.25, 0.3) is 15.9 Å². The van der Waals surface area contributed by atoms with Gasteiger partial charge in [-0.15, -0.1) is 0 Å². The lowest BCUT2D eigenvalue weighted by atomic mass is 9.76. The van der Waals surface area contributed by atoms with Gasteiger partial charge in [0.2, 0.25) is 11.8 Å². The number of carbonyl (C=O) groups is 4. The van der Waals surface area contributed by atoms with E-state index < -0.39 is 73.5 Å². The van der Waals surface area contributed by atoms with E-state index in [4.69, 9.17) is 0 Å². The first kappa shape index (κ1) is 41.9. The van der Waals surface area contributed by atoms with E-state index in [1.165, 1.54) is 24.9 Å². The quantitative estimate of drug-likeness (QED) is 0.222. The smallest absolute Gasteiger partial charge is 0.342 e. The van der Waals surface area contributed by atoms with Crippen LogP contribution < -0.4 is 20.7 Å². The highest BCUT2D eigenvalue weighted by atomic mass is 32.2. The number of nitrogens with one attached hydrogen (secondary N) is 4. The summed E-state index contributed by atoms with van der Waals surface area (Å²) in [7, 11) is -1.39. The molecule has 4 amide bonds. The summed E-state index contributed by atoms with van der Waals surface area (Å²) in [5.41, 5.74) is -0.975. The monoisotopic (exact) mass is 723 g/mol. The van der Waals surface area contributed by atoms with Gasteiger partial charge in [0.15, 0.2) is 0 Å². The van der Waals surface area contributed by atoms with Crippen LogP contribution in [0.15, 0.2) is 71.1 Å². The highest BCUT2D eigenvalue weighted by Gasteiger charge is 2.42. The Morgan fingerprint density at radius 1 is 0.880 bits per heavy atom. The van der Waals surface area contributed by atoms with Crippen molar-refractivity contribution in [2.75, 3.05) is 19.4 Å². The van der Waals surface area contributed by atoms with Crippen molar-refractivity contribution in [1.82, 2.24) is 20.3 Å². The van der Waals surface area contributed by atoms with E-state index in [0.717, 1.165) is 29.8 Å². The summed E-state index contributed by atoms with van der Waals surface area (Å²) in [4.78, 5) is 53.1. The molecule has 2 aromatic carbocycles. The molecule has 2 aromatic rings. The third-order valence-electron chi connectivity index (χ3n) is 8.33. The molecule has 0 aliphatic heterocycles. The Morgan fingerprint density at radius 2 is 1.46 bits per heavy atom. The number of sulfonamides is 1. The minimum Gasteiger partial charge on any atom is -0.342 e. The number of rotatable bonds is 13. The number of carbonyl (C=O) groups excluding carboxylic acids is 4. The van der Waals surface area contributed by atoms with Crippen molar-refractivity contribution < 1.29 is 40.8 Å². The van der Waals surface area contributed by atoms with Gasteiger partial charge in [-0.2, -0.15) is 13.2 Å². The van der Waals surface area contributed by atoms with Gasteiger partial charge in [0.05, 0.1) is 17.0 Å². The zero-order chi connectivity index (χ0) is 38.4. The number of hydrogen-bond acceptors (Lipinski definition) is 7. The molecule has 0 saturated carbocycles. The summed E-state index contributed by atoms with van der Waals surface area (Å²) in [6.45, 7) is 14.3. The number of nitrogens with zero attached hydrogens (tertiary/aromatic N) is 1. The lowest BCUT2D eigenvalue weighted by molar-refractivity contribution is -0.167. The number of halogens is 3. The minimum absolute atomic E-state index is 0.0651. The molecule has 0 aromatic heterocycles. The van der Waals surface area contributed by atoms with Gasteiger partial charge in [-0.1, -0.05) is 90.9 Å². The normalized spacial score (nSPS) is 14.7. The largest absolute Gasteiger partial charge is 0.471 e. The first-order valence-electron chi connectivity index (χ1n) is 15.9. The molecule has 4 N–H and O–H groups in total. The van der Waals surface area contributed by atoms with Gasteiger partial charge in [0, 0.05) is 23.7 Å². The van der Waals surface area contributed by atoms with Crippen molar-refractivity contribution in [2.24, 2.45) is 11.3 Å². The topological polar surface area (TPSA) is 154 Å². The second-order valence-electron chi connectivity index (χ2n) is 14.1. The molecule has 0 heterocycles. The van der Waals surface area contributed by atoms with Crippen LogP contribution in [0.1, 0.15) is 61.0 Å². The predicted octanol–water partition coefficient (Wildman–Crippen LogP) is 4.52. The van der Waals surface area contributed by atoms with Gasteiger partial charge in [-0.25, -0.2) is 13.1 Å². The van der Waals surface area contributed by atoms with E-state index in [9.17, 15) is 40.8 Å². The molecule has 0 fully saturated rings. The lowest BCUT2D eigenvalue weighted by Crippen LogP contribution is -2.61. The van der Waals surface area contributed by atoms with Crippen LogP contribution in [0.5, 0.6) is 0 Å². The zero-order valence-electron chi connectivity index (χ0n) is 30.0. The van der Waals surface area contributed by atoms with Crippen LogP contribution in [0.3, 0.4) is 0 Å². The maximum absolute atomic E-state index is 14.1. The average Bonchev–Trinajstić information content (AvgIpc) is 3.01. The van der Waals surface area contributed by atoms with E-state index >= 15 is 0 Å². The van der Waals surface area contributed by atoms with Crippen LogP contribution in [0.2, 0.25) is 0 Å². The third kappa shape index (κ3) is 10.6. The minimum atomic E-state index is -5.20. The van der Waals surface area contributed by atoms with Crippen LogP contribution in [0, 0.1) is 11.3 Å². The predicted molar refractivity (Wildman–Crippen MR) is 185 cm³/mol. The molecule has 2 rings (SSSR count). The second kappa shape index (κ2) is 16.2. The van der Waals surface area contributed by atoms with Crippen molar-refractivity contribution in [2.45, 2.75) is 90.0 Å². The molecule has 0 bridgehead atoms. The Labute approximate surface area is 292 Å². The molecule has 3 unspecified atom stereocenters. The van der Waals surface area contributed by atoms with Crippen LogP contribution in [0.25, 0.3) is 0 Å². The second-order valence-corrected chi connectivity index (χ2v) is 15.7. The van der Waals surface area contributed by atoms with Crippen molar-refractivity contribution in [3.05, 3.63) is 71.8 Å². The molecular weight excluding hydrogens is 675 g/mol. The lowest BCUT2D eigenvalue weighted by Gasteiger charge is -2.40. The van der Waals surface area contributed by atoms with Crippen molar-refractivity contribution in [3.63, 3.8) is 0 Å². The molecule has 0 saturated heterocycles. The summed E-state index contributed by atoms with van der Waals surface area (Å²) in [5.74, 6) is -4.42. The number of likely N-dealkylation sites (N-methyl/N-ethyl adjacent to an activating group) is 2. The number of hydrogen-bond donors (Lipinski definition) is 4. The van der Waals surface area contributed by atoms with E-state index in [1.807, 2.05) is 69.7 Å². The Morgan fingerprint density at radius 3 is 1.96 bits per heavy atom. The van der Waals surface area contributed by atoms with Crippen molar-refractivity contribution >= 4 is 39.3 Å². The third-order valence-corrected chi connectivity index (χ3v) is 9.66. The fourth-order valence-corrected chi connectivity index (χ4v) is 6.43. The molecule has 15 heteroatoms. The van der Waals surface area contributed by atoms with Crippen molar-refractivity contribution in [3.8, 4) is 0 Å². The highest BCUT2D eigenvalue weighted by molar-refractivity contribution is 7.90. The molecule has 0 aliphatic rings. The van der Waals surface area contributed by atoms with E-state index in [-0.39, 0.29) is 17.4 Å². The van der Waals surface area contributed by atoms with Gasteiger partial charge in [0.1, 0.15) is 6.04 Å². The molecule has 0 radical (unpaired) electrons. The number of amides is 4. The maximum Gasteiger partial charge on any atom is 0.471 e. The number of alkyl halides is 3. The Bertz CT molecular complexity index is 1690. The summed E-state index contributed by atoms with van der Waals surface area (Å²) >= 11 is 0. The van der Waals surface area contributed by atoms with Crippen LogP contribution in [0.4, 0.5) is 18.9 Å². The molecule has 276 valence electrons. The molecular formula is C35H48F3N5O6S. The van der Waals surface area contributed by atoms with Crippen molar-refractivity contribution in [1.29, 1.82) is 0 Å². The number of anilines is 1. The van der Waals surface area contributed by atoms with Gasteiger partial charge in [-0.3, -0.25) is 19.2 Å². The number of benzene rings is 2. The fourth-order valence-electron chi connectivity index (χ4n) is 5.37. The first-order valence-corrected chi connectivity index (χ1v) is 17.4. The molecule has 3 atom stereocenters. The maximum atomic E-state index is 14.1. The summed E-state index contributed by atoms with van der Waals surface area (Å²) < 4.78 is 65.8. The van der Waals surface area contributed by atoms with Gasteiger partial charge >= 0.3 is 12.1 Å². The highest BCUT2D eigenvalue weighted by Crippen LogP contribution is 2.29. The summed E-state index contributed by atoms with van der Waals surface area (Å²) in [5, 5.41) is 7.60. The van der Waals surface area contributed by atoms with Gasteiger partial charge in [-0.05, 0) is 49.1 Å². The Balaban J connectivity index is 2.33. The van der Waals surface area contributed by atoms with E-state index in [2.05, 4.69) is 10.6 Å². The zero-order valence-corrected chi connectivity index (χ0v) is 30.8. The first-order chi connectivity index (χ1) is 22.8. The Kier molecular flexibility index (Phi) is 13.6. The summed E-state index contributed by atoms with van der Waals surface area (Å²) in [6.07, 6.45) is -3.76. The molecule has 11 nitrogen and oxygen atoms in total. The Hall–Kier alpha value is -4.24. The molecule has 50 heavy (non-hydrogen) atoms. The van der Waals surface area contributed by atoms with Crippen LogP contribution in [-0.2, 0) is 34.6 Å².